The lowest BCUT2D eigenvalue weighted by molar-refractivity contribution is 0.102. The number of amides is 1. The molecule has 10 nitrogen and oxygen atoms in total. The third-order valence-electron chi connectivity index (χ3n) is 6.71. The fourth-order valence-electron chi connectivity index (χ4n) is 4.56. The normalized spacial score (nSPS) is 15.1. The molecule has 0 bridgehead atoms. The third-order valence-corrected chi connectivity index (χ3v) is 8.32. The molecule has 1 saturated heterocycles. The van der Waals surface area contributed by atoms with E-state index in [2.05, 4.69) is 17.0 Å². The molecule has 0 unspecified atom stereocenters. The van der Waals surface area contributed by atoms with E-state index in [1.807, 2.05) is 4.90 Å². The summed E-state index contributed by atoms with van der Waals surface area (Å²) in [5, 5.41) is 6.77. The van der Waals surface area contributed by atoms with Crippen LogP contribution in [0.15, 0.2) is 96.7 Å². The summed E-state index contributed by atoms with van der Waals surface area (Å²) in [6, 6.07) is 10.0. The van der Waals surface area contributed by atoms with Crippen LogP contribution in [-0.4, -0.2) is 59.8 Å². The number of rotatable bonds is 9. The smallest absolute Gasteiger partial charge is 0.267 e. The number of carbonyl (C=O) groups is 1. The Morgan fingerprint density at radius 1 is 1.14 bits per heavy atom. The van der Waals surface area contributed by atoms with E-state index >= 15 is 4.39 Å². The molecule has 4 aromatic rings. The maximum atomic E-state index is 15.2. The zero-order chi connectivity index (χ0) is 30.6. The second kappa shape index (κ2) is 12.4. The van der Waals surface area contributed by atoms with Gasteiger partial charge in [0.15, 0.2) is 27.2 Å². The predicted octanol–water partition coefficient (Wildman–Crippen LogP) is 4.47. The minimum Gasteiger partial charge on any atom is -0.452 e. The van der Waals surface area contributed by atoms with Gasteiger partial charge >= 0.3 is 0 Å². The van der Waals surface area contributed by atoms with Crippen LogP contribution < -0.4 is 20.5 Å². The van der Waals surface area contributed by atoms with Crippen molar-refractivity contribution < 1.29 is 26.7 Å². The number of sulfone groups is 1. The maximum Gasteiger partial charge on any atom is 0.267 e. The Bertz CT molecular complexity index is 1920. The van der Waals surface area contributed by atoms with Gasteiger partial charge in [-0.05, 0) is 42.5 Å². The van der Waals surface area contributed by atoms with Crippen molar-refractivity contribution in [1.82, 2.24) is 14.2 Å². The quantitative estimate of drug-likeness (QED) is 0.279. The Balaban J connectivity index is 1.36. The summed E-state index contributed by atoms with van der Waals surface area (Å²) in [5.41, 5.74) is 0.760. The highest BCUT2D eigenvalue weighted by molar-refractivity contribution is 7.91. The summed E-state index contributed by atoms with van der Waals surface area (Å²) >= 11 is 0. The van der Waals surface area contributed by atoms with Gasteiger partial charge < -0.3 is 15.0 Å². The Morgan fingerprint density at radius 2 is 1.93 bits per heavy atom. The van der Waals surface area contributed by atoms with Crippen LogP contribution in [0.2, 0.25) is 0 Å². The number of carbonyl (C=O) groups excluding carboxylic acids is 1. The van der Waals surface area contributed by atoms with Crippen LogP contribution in [0.5, 0.6) is 11.5 Å². The molecule has 0 saturated carbocycles. The van der Waals surface area contributed by atoms with Gasteiger partial charge in [0.25, 0.3) is 11.5 Å². The van der Waals surface area contributed by atoms with Gasteiger partial charge in [0, 0.05) is 42.8 Å². The van der Waals surface area contributed by atoms with Crippen LogP contribution in [0.25, 0.3) is 11.2 Å². The monoisotopic (exact) mass is 607 g/mol. The lowest BCUT2D eigenvalue weighted by atomic mass is 10.2. The van der Waals surface area contributed by atoms with Crippen molar-refractivity contribution in [3.8, 4) is 11.5 Å². The largest absolute Gasteiger partial charge is 0.452 e. The molecule has 1 aliphatic heterocycles. The molecule has 1 amide bonds. The highest BCUT2D eigenvalue weighted by atomic mass is 32.2. The van der Waals surface area contributed by atoms with Gasteiger partial charge in [0.05, 0.1) is 29.6 Å². The van der Waals surface area contributed by atoms with Gasteiger partial charge in [0.1, 0.15) is 17.8 Å². The Morgan fingerprint density at radius 3 is 2.65 bits per heavy atom. The van der Waals surface area contributed by atoms with Crippen LogP contribution in [-0.2, 0) is 9.84 Å². The summed E-state index contributed by atoms with van der Waals surface area (Å²) in [4.78, 5) is 27.9. The number of aromatic nitrogens is 3. The molecule has 0 radical (unpaired) electrons. The number of benzene rings is 1. The number of alkyl halides is 1. The van der Waals surface area contributed by atoms with E-state index in [1.54, 1.807) is 29.0 Å². The van der Waals surface area contributed by atoms with E-state index in [4.69, 9.17) is 4.74 Å². The van der Waals surface area contributed by atoms with E-state index in [-0.39, 0.29) is 28.5 Å². The number of ether oxygens (including phenoxy) is 1. The molecule has 5 rings (SSSR count). The molecule has 4 heterocycles. The number of nitrogens with zero attached hydrogens (tertiary/aromatic N) is 4. The summed E-state index contributed by atoms with van der Waals surface area (Å²) in [6.07, 6.45) is 10.3. The molecule has 1 aliphatic rings. The number of hydrogen-bond donors (Lipinski definition) is 1. The standard InChI is InChI=1S/C30H27F2N5O5S/c1-2-5-22(6-3-11-31)36-13-4-7-24(30(36)39)29(38)34-21-8-9-27(25(32)18-21)42-28-19-23(20-37-26(28)10-12-33-37)35-14-16-43(40,41)17-15-35/h2-10,12-13,18-20H,1,11,14-17H2,(H,34,38)/b6-3-,22-5+. The zero-order valence-corrected chi connectivity index (χ0v) is 23.6. The van der Waals surface area contributed by atoms with Crippen LogP contribution >= 0.6 is 0 Å². The summed E-state index contributed by atoms with van der Waals surface area (Å²) in [7, 11) is -3.08. The molecule has 0 atom stereocenters. The first-order valence-corrected chi connectivity index (χ1v) is 15.0. The maximum absolute atomic E-state index is 15.2. The second-order valence-electron chi connectivity index (χ2n) is 9.54. The fraction of sp³-hybridized carbons (Fsp3) is 0.167. The van der Waals surface area contributed by atoms with Crippen LogP contribution in [0.4, 0.5) is 20.2 Å². The Hall–Kier alpha value is -5.04. The van der Waals surface area contributed by atoms with E-state index < -0.39 is 33.8 Å². The number of nitrogens with one attached hydrogen (secondary N) is 1. The number of anilines is 2. The molecule has 0 aliphatic carbocycles. The van der Waals surface area contributed by atoms with Crippen LogP contribution in [0.3, 0.4) is 0 Å². The summed E-state index contributed by atoms with van der Waals surface area (Å²) in [5.74, 6) is -1.31. The lowest BCUT2D eigenvalue weighted by Gasteiger charge is -2.29. The third kappa shape index (κ3) is 6.56. The Kier molecular flexibility index (Phi) is 8.53. The SMILES string of the molecule is C=C/C=C(\C=C/CF)n1cccc(C(=O)Nc2ccc(Oc3cc(N4CCS(=O)(=O)CC4)cn4nccc34)c(F)c2)c1=O. The second-order valence-corrected chi connectivity index (χ2v) is 11.8. The minimum absolute atomic E-state index is 0.0296. The van der Waals surface area contributed by atoms with E-state index in [9.17, 15) is 22.4 Å². The first kappa shape index (κ1) is 29.5. The van der Waals surface area contributed by atoms with Crippen molar-refractivity contribution in [1.29, 1.82) is 0 Å². The Labute approximate surface area is 245 Å². The van der Waals surface area contributed by atoms with Crippen molar-refractivity contribution in [2.45, 2.75) is 0 Å². The van der Waals surface area contributed by atoms with Gasteiger partial charge in [-0.1, -0.05) is 18.7 Å². The van der Waals surface area contributed by atoms with Crippen molar-refractivity contribution in [2.24, 2.45) is 0 Å². The summed E-state index contributed by atoms with van der Waals surface area (Å²) < 4.78 is 60.3. The molecule has 43 heavy (non-hydrogen) atoms. The average Bonchev–Trinajstić information content (AvgIpc) is 3.46. The highest BCUT2D eigenvalue weighted by Gasteiger charge is 2.23. The number of halogens is 2. The van der Waals surface area contributed by atoms with Crippen LogP contribution in [0.1, 0.15) is 10.4 Å². The van der Waals surface area contributed by atoms with E-state index in [0.717, 1.165) is 6.07 Å². The predicted molar refractivity (Wildman–Crippen MR) is 161 cm³/mol. The molecule has 3 aromatic heterocycles. The molecular formula is C30H27F2N5O5S. The number of pyridine rings is 2. The van der Waals surface area contributed by atoms with Crippen LogP contribution in [0, 0.1) is 5.82 Å². The molecule has 1 aromatic carbocycles. The van der Waals surface area contributed by atoms with Gasteiger partial charge in [0.2, 0.25) is 0 Å². The van der Waals surface area contributed by atoms with Crippen molar-refractivity contribution >= 4 is 38.3 Å². The first-order valence-electron chi connectivity index (χ1n) is 13.2. The van der Waals surface area contributed by atoms with Gasteiger partial charge in [-0.25, -0.2) is 21.7 Å². The first-order chi connectivity index (χ1) is 20.7. The number of fused-ring (bicyclic) bond motifs is 1. The summed E-state index contributed by atoms with van der Waals surface area (Å²) in [6.45, 7) is 3.47. The van der Waals surface area contributed by atoms with Gasteiger partial charge in [-0.3, -0.25) is 14.2 Å². The average molecular weight is 608 g/mol. The number of hydrogen-bond acceptors (Lipinski definition) is 7. The molecule has 1 N–H and O–H groups in total. The van der Waals surface area contributed by atoms with Gasteiger partial charge in [-0.2, -0.15) is 5.10 Å². The zero-order valence-electron chi connectivity index (χ0n) is 22.8. The molecule has 0 spiro atoms. The molecule has 13 heteroatoms. The minimum atomic E-state index is -3.08. The molecule has 222 valence electrons. The van der Waals surface area contributed by atoms with Gasteiger partial charge in [-0.15, -0.1) is 0 Å². The molecule has 1 fully saturated rings. The van der Waals surface area contributed by atoms with Crippen molar-refractivity contribution in [3.63, 3.8) is 0 Å². The van der Waals surface area contributed by atoms with Crippen molar-refractivity contribution in [2.75, 3.05) is 41.5 Å². The van der Waals surface area contributed by atoms with E-state index in [1.165, 1.54) is 59.3 Å². The van der Waals surface area contributed by atoms with E-state index in [0.29, 0.717) is 35.7 Å². The lowest BCUT2D eigenvalue weighted by Crippen LogP contribution is -2.40. The fourth-order valence-corrected chi connectivity index (χ4v) is 5.76. The molecular weight excluding hydrogens is 580 g/mol. The number of allylic oxidation sites excluding steroid dienone is 5. The highest BCUT2D eigenvalue weighted by Crippen LogP contribution is 2.33. The van der Waals surface area contributed by atoms with Crippen molar-refractivity contribution in [3.05, 3.63) is 114 Å². The topological polar surface area (TPSA) is 115 Å².